The van der Waals surface area contributed by atoms with Crippen LogP contribution in [0.4, 0.5) is 0 Å². The first kappa shape index (κ1) is 12.0. The Morgan fingerprint density at radius 2 is 1.79 bits per heavy atom. The van der Waals surface area contributed by atoms with E-state index in [0.29, 0.717) is 11.7 Å². The van der Waals surface area contributed by atoms with E-state index >= 15 is 0 Å². The fraction of sp³-hybridized carbons (Fsp3) is 1.00. The Balaban J connectivity index is 2.56. The molecule has 1 aliphatic heterocycles. The SMILES string of the molecule is CC(C)CS(=O)(=O)N1CCC(C)CC1. The van der Waals surface area contributed by atoms with Gasteiger partial charge in [0.05, 0.1) is 5.75 Å². The monoisotopic (exact) mass is 219 g/mol. The summed E-state index contributed by atoms with van der Waals surface area (Å²) in [7, 11) is -2.97. The molecule has 0 aromatic rings. The van der Waals surface area contributed by atoms with Crippen molar-refractivity contribution < 1.29 is 8.42 Å². The van der Waals surface area contributed by atoms with Crippen LogP contribution in [0.1, 0.15) is 33.6 Å². The topological polar surface area (TPSA) is 37.4 Å². The van der Waals surface area contributed by atoms with Gasteiger partial charge in [-0.15, -0.1) is 0 Å². The van der Waals surface area contributed by atoms with E-state index in [2.05, 4.69) is 6.92 Å². The van der Waals surface area contributed by atoms with Gasteiger partial charge in [0, 0.05) is 13.1 Å². The van der Waals surface area contributed by atoms with E-state index in [4.69, 9.17) is 0 Å². The van der Waals surface area contributed by atoms with Gasteiger partial charge < -0.3 is 0 Å². The number of sulfonamides is 1. The van der Waals surface area contributed by atoms with E-state index in [1.807, 2.05) is 13.8 Å². The smallest absolute Gasteiger partial charge is 0.212 e. The Labute approximate surface area is 87.5 Å². The van der Waals surface area contributed by atoms with Gasteiger partial charge in [-0.05, 0) is 24.7 Å². The summed E-state index contributed by atoms with van der Waals surface area (Å²) in [5.74, 6) is 1.20. The molecule has 0 unspecified atom stereocenters. The summed E-state index contributed by atoms with van der Waals surface area (Å²) in [6.45, 7) is 7.52. The molecular weight excluding hydrogens is 198 g/mol. The molecule has 0 radical (unpaired) electrons. The maximum Gasteiger partial charge on any atom is 0.214 e. The molecule has 1 saturated heterocycles. The third-order valence-electron chi connectivity index (χ3n) is 2.68. The quantitative estimate of drug-likeness (QED) is 0.724. The number of piperidine rings is 1. The summed E-state index contributed by atoms with van der Waals surface area (Å²) in [4.78, 5) is 0. The highest BCUT2D eigenvalue weighted by molar-refractivity contribution is 7.89. The van der Waals surface area contributed by atoms with Gasteiger partial charge in [-0.25, -0.2) is 12.7 Å². The lowest BCUT2D eigenvalue weighted by Crippen LogP contribution is -2.40. The third-order valence-corrected chi connectivity index (χ3v) is 4.92. The highest BCUT2D eigenvalue weighted by Gasteiger charge is 2.26. The zero-order valence-corrected chi connectivity index (χ0v) is 10.2. The van der Waals surface area contributed by atoms with E-state index in [1.54, 1.807) is 4.31 Å². The van der Waals surface area contributed by atoms with Crippen molar-refractivity contribution in [2.45, 2.75) is 33.6 Å². The Kier molecular flexibility index (Phi) is 3.95. The van der Waals surface area contributed by atoms with Crippen LogP contribution in [0.3, 0.4) is 0 Å². The van der Waals surface area contributed by atoms with Crippen molar-refractivity contribution in [1.82, 2.24) is 4.31 Å². The Morgan fingerprint density at radius 3 is 2.21 bits per heavy atom. The maximum absolute atomic E-state index is 11.8. The molecule has 0 aromatic heterocycles. The molecule has 0 bridgehead atoms. The summed E-state index contributed by atoms with van der Waals surface area (Å²) < 4.78 is 25.3. The van der Waals surface area contributed by atoms with Gasteiger partial charge in [-0.2, -0.15) is 0 Å². The third kappa shape index (κ3) is 3.24. The molecule has 3 nitrogen and oxygen atoms in total. The number of hydrogen-bond donors (Lipinski definition) is 0. The zero-order chi connectivity index (χ0) is 10.8. The minimum absolute atomic E-state index is 0.222. The van der Waals surface area contributed by atoms with Crippen molar-refractivity contribution in [3.63, 3.8) is 0 Å². The summed E-state index contributed by atoms with van der Waals surface area (Å²) in [5.41, 5.74) is 0. The molecule has 0 N–H and O–H groups in total. The first-order valence-electron chi connectivity index (χ1n) is 5.39. The van der Waals surface area contributed by atoms with Crippen LogP contribution in [0.2, 0.25) is 0 Å². The van der Waals surface area contributed by atoms with Crippen LogP contribution < -0.4 is 0 Å². The van der Waals surface area contributed by atoms with E-state index in [9.17, 15) is 8.42 Å². The Morgan fingerprint density at radius 1 is 1.29 bits per heavy atom. The van der Waals surface area contributed by atoms with Crippen molar-refractivity contribution in [3.05, 3.63) is 0 Å². The minimum atomic E-state index is -2.97. The second-order valence-electron chi connectivity index (χ2n) is 4.75. The first-order chi connectivity index (χ1) is 6.42. The standard InChI is InChI=1S/C10H21NO2S/c1-9(2)8-14(12,13)11-6-4-10(3)5-7-11/h9-10H,4-8H2,1-3H3. The highest BCUT2D eigenvalue weighted by atomic mass is 32.2. The van der Waals surface area contributed by atoms with Crippen LogP contribution in [0, 0.1) is 11.8 Å². The molecule has 0 aromatic carbocycles. The molecule has 0 atom stereocenters. The van der Waals surface area contributed by atoms with Crippen LogP contribution in [-0.2, 0) is 10.0 Å². The average Bonchev–Trinajstić information content (AvgIpc) is 2.02. The van der Waals surface area contributed by atoms with Crippen LogP contribution in [0.5, 0.6) is 0 Å². The van der Waals surface area contributed by atoms with E-state index in [1.165, 1.54) is 0 Å². The molecule has 84 valence electrons. The molecule has 1 fully saturated rings. The lowest BCUT2D eigenvalue weighted by atomic mass is 10.0. The second-order valence-corrected chi connectivity index (χ2v) is 6.77. The Hall–Kier alpha value is -0.0900. The number of hydrogen-bond acceptors (Lipinski definition) is 2. The van der Waals surface area contributed by atoms with Crippen LogP contribution in [-0.4, -0.2) is 31.6 Å². The molecular formula is C10H21NO2S. The molecule has 0 spiro atoms. The first-order valence-corrected chi connectivity index (χ1v) is 7.00. The maximum atomic E-state index is 11.8. The fourth-order valence-electron chi connectivity index (χ4n) is 1.79. The van der Waals surface area contributed by atoms with E-state index in [-0.39, 0.29) is 5.92 Å². The van der Waals surface area contributed by atoms with Crippen molar-refractivity contribution in [2.75, 3.05) is 18.8 Å². The van der Waals surface area contributed by atoms with Gasteiger partial charge in [-0.3, -0.25) is 0 Å². The van der Waals surface area contributed by atoms with Crippen molar-refractivity contribution in [2.24, 2.45) is 11.8 Å². The number of rotatable bonds is 3. The van der Waals surface area contributed by atoms with Crippen molar-refractivity contribution in [1.29, 1.82) is 0 Å². The number of nitrogens with zero attached hydrogens (tertiary/aromatic N) is 1. The predicted octanol–water partition coefficient (Wildman–Crippen LogP) is 1.70. The van der Waals surface area contributed by atoms with Crippen LogP contribution >= 0.6 is 0 Å². The van der Waals surface area contributed by atoms with Gasteiger partial charge in [0.15, 0.2) is 0 Å². The van der Waals surface area contributed by atoms with Crippen LogP contribution in [0.25, 0.3) is 0 Å². The molecule has 4 heteroatoms. The second kappa shape index (κ2) is 4.62. The van der Waals surface area contributed by atoms with Gasteiger partial charge in [-0.1, -0.05) is 20.8 Å². The summed E-state index contributed by atoms with van der Waals surface area (Å²) >= 11 is 0. The molecule has 0 saturated carbocycles. The molecule has 1 rings (SSSR count). The normalized spacial score (nSPS) is 21.7. The molecule has 1 aliphatic rings. The predicted molar refractivity (Wildman–Crippen MR) is 58.6 cm³/mol. The van der Waals surface area contributed by atoms with Crippen molar-refractivity contribution >= 4 is 10.0 Å². The van der Waals surface area contributed by atoms with Gasteiger partial charge in [0.2, 0.25) is 10.0 Å². The average molecular weight is 219 g/mol. The molecule has 0 amide bonds. The Bertz CT molecular complexity index is 264. The minimum Gasteiger partial charge on any atom is -0.212 e. The van der Waals surface area contributed by atoms with E-state index < -0.39 is 10.0 Å². The summed E-state index contributed by atoms with van der Waals surface area (Å²) in [5, 5.41) is 0. The van der Waals surface area contributed by atoms with Gasteiger partial charge >= 0.3 is 0 Å². The zero-order valence-electron chi connectivity index (χ0n) is 9.36. The van der Waals surface area contributed by atoms with Gasteiger partial charge in [0.1, 0.15) is 0 Å². The van der Waals surface area contributed by atoms with E-state index in [0.717, 1.165) is 25.9 Å². The van der Waals surface area contributed by atoms with Gasteiger partial charge in [0.25, 0.3) is 0 Å². The molecule has 0 aliphatic carbocycles. The largest absolute Gasteiger partial charge is 0.214 e. The lowest BCUT2D eigenvalue weighted by molar-refractivity contribution is 0.287. The van der Waals surface area contributed by atoms with Crippen molar-refractivity contribution in [3.8, 4) is 0 Å². The lowest BCUT2D eigenvalue weighted by Gasteiger charge is -2.29. The summed E-state index contributed by atoms with van der Waals surface area (Å²) in [6.07, 6.45) is 2.02. The summed E-state index contributed by atoms with van der Waals surface area (Å²) in [6, 6.07) is 0. The van der Waals surface area contributed by atoms with Crippen LogP contribution in [0.15, 0.2) is 0 Å². The molecule has 14 heavy (non-hydrogen) atoms. The highest BCUT2D eigenvalue weighted by Crippen LogP contribution is 2.19. The fourth-order valence-corrected chi connectivity index (χ4v) is 3.61. The molecule has 1 heterocycles.